The Kier molecular flexibility index (Phi) is 3.72. The van der Waals surface area contributed by atoms with Crippen LogP contribution < -0.4 is 5.32 Å². The van der Waals surface area contributed by atoms with E-state index in [1.54, 1.807) is 16.9 Å². The van der Waals surface area contributed by atoms with Crippen LogP contribution >= 0.6 is 11.8 Å². The smallest absolute Gasteiger partial charge is 0.352 e. The molecule has 128 valence electrons. The van der Waals surface area contributed by atoms with Crippen LogP contribution in [0.1, 0.15) is 12.0 Å². The van der Waals surface area contributed by atoms with Crippen LogP contribution in [0.2, 0.25) is 0 Å². The Morgan fingerprint density at radius 3 is 3.04 bits per heavy atom. The van der Waals surface area contributed by atoms with Crippen LogP contribution in [0.3, 0.4) is 0 Å². The van der Waals surface area contributed by atoms with E-state index in [1.807, 2.05) is 18.2 Å². The van der Waals surface area contributed by atoms with E-state index in [1.165, 1.54) is 16.7 Å². The molecule has 1 saturated heterocycles. The number of carboxylic acids is 1. The first-order valence-electron chi connectivity index (χ1n) is 7.65. The number of amides is 2. The molecule has 2 amide bonds. The molecule has 2 N–H and O–H groups in total. The van der Waals surface area contributed by atoms with Gasteiger partial charge in [-0.1, -0.05) is 6.07 Å². The van der Waals surface area contributed by atoms with Gasteiger partial charge in [0.25, 0.3) is 0 Å². The fourth-order valence-corrected chi connectivity index (χ4v) is 4.62. The normalized spacial score (nSPS) is 22.6. The van der Waals surface area contributed by atoms with Crippen LogP contribution in [0, 0.1) is 0 Å². The summed E-state index contributed by atoms with van der Waals surface area (Å²) in [7, 11) is 0. The van der Waals surface area contributed by atoms with Crippen molar-refractivity contribution in [2.45, 2.75) is 23.6 Å². The maximum atomic E-state index is 11.9. The van der Waals surface area contributed by atoms with Gasteiger partial charge >= 0.3 is 5.97 Å². The summed E-state index contributed by atoms with van der Waals surface area (Å²) in [4.78, 5) is 36.1. The lowest BCUT2D eigenvalue weighted by Gasteiger charge is -2.46. The molecule has 0 saturated carbocycles. The fourth-order valence-electron chi connectivity index (χ4n) is 3.23. The average molecular weight is 358 g/mol. The molecular weight excluding hydrogens is 344 g/mol. The Bertz CT molecular complexity index is 922. The van der Waals surface area contributed by atoms with E-state index in [-0.39, 0.29) is 29.8 Å². The molecule has 0 aromatic carbocycles. The second kappa shape index (κ2) is 5.92. The molecule has 8 nitrogen and oxygen atoms in total. The van der Waals surface area contributed by atoms with E-state index in [4.69, 9.17) is 0 Å². The number of aliphatic carboxylic acids is 1. The predicted molar refractivity (Wildman–Crippen MR) is 89.4 cm³/mol. The first-order chi connectivity index (χ1) is 12.1. The SMILES string of the molecule is O=CNC1SC2CC(=O)N2C(C(=O)O)=C1Cc1cnn2ccccc12. The third-order valence-electron chi connectivity index (χ3n) is 4.37. The Labute approximate surface area is 146 Å². The minimum atomic E-state index is -1.16. The van der Waals surface area contributed by atoms with Crippen molar-refractivity contribution in [3.8, 4) is 0 Å². The van der Waals surface area contributed by atoms with Crippen LogP contribution in [0.4, 0.5) is 0 Å². The van der Waals surface area contributed by atoms with Gasteiger partial charge in [0.2, 0.25) is 12.3 Å². The summed E-state index contributed by atoms with van der Waals surface area (Å²) in [6.45, 7) is 0. The van der Waals surface area contributed by atoms with Crippen molar-refractivity contribution in [3.05, 3.63) is 47.4 Å². The average Bonchev–Trinajstić information content (AvgIpc) is 2.99. The molecule has 0 spiro atoms. The molecule has 2 aromatic heterocycles. The van der Waals surface area contributed by atoms with E-state index >= 15 is 0 Å². The zero-order valence-electron chi connectivity index (χ0n) is 13.0. The number of β-lactam (4-membered cyclic amide) rings is 1. The lowest BCUT2D eigenvalue weighted by molar-refractivity contribution is -0.146. The third kappa shape index (κ3) is 2.47. The maximum Gasteiger partial charge on any atom is 0.352 e. The van der Waals surface area contributed by atoms with Crippen molar-refractivity contribution >= 4 is 35.6 Å². The quantitative estimate of drug-likeness (QED) is 0.599. The zero-order chi connectivity index (χ0) is 17.6. The van der Waals surface area contributed by atoms with Crippen molar-refractivity contribution in [3.63, 3.8) is 0 Å². The van der Waals surface area contributed by atoms with Gasteiger partial charge in [0, 0.05) is 18.2 Å². The summed E-state index contributed by atoms with van der Waals surface area (Å²) in [5, 5.41) is 15.9. The molecular formula is C16H14N4O4S. The molecule has 0 radical (unpaired) electrons. The van der Waals surface area contributed by atoms with Gasteiger partial charge in [-0.25, -0.2) is 9.31 Å². The number of fused-ring (bicyclic) bond motifs is 2. The van der Waals surface area contributed by atoms with Gasteiger partial charge in [-0.2, -0.15) is 5.10 Å². The zero-order valence-corrected chi connectivity index (χ0v) is 13.8. The summed E-state index contributed by atoms with van der Waals surface area (Å²) in [6, 6.07) is 5.61. The van der Waals surface area contributed by atoms with Crippen molar-refractivity contribution < 1.29 is 19.5 Å². The third-order valence-corrected chi connectivity index (χ3v) is 5.75. The molecule has 25 heavy (non-hydrogen) atoms. The minimum absolute atomic E-state index is 0.0327. The van der Waals surface area contributed by atoms with Gasteiger partial charge in [-0.3, -0.25) is 14.5 Å². The Balaban J connectivity index is 1.81. The van der Waals surface area contributed by atoms with E-state index in [9.17, 15) is 19.5 Å². The molecule has 2 aromatic rings. The molecule has 0 aliphatic carbocycles. The molecule has 1 fully saturated rings. The lowest BCUT2D eigenvalue weighted by Crippen LogP contribution is -2.57. The summed E-state index contributed by atoms with van der Waals surface area (Å²) in [6.07, 6.45) is 4.60. The highest BCUT2D eigenvalue weighted by atomic mass is 32.2. The highest BCUT2D eigenvalue weighted by Crippen LogP contribution is 2.44. The molecule has 2 aliphatic heterocycles. The van der Waals surface area contributed by atoms with Crippen molar-refractivity contribution in [2.75, 3.05) is 0 Å². The molecule has 2 unspecified atom stereocenters. The van der Waals surface area contributed by atoms with Crippen LogP contribution in [0.5, 0.6) is 0 Å². The topological polar surface area (TPSA) is 104 Å². The number of carboxylic acid groups (broad SMARTS) is 1. The fraction of sp³-hybridized carbons (Fsp3) is 0.250. The number of hydrogen-bond donors (Lipinski definition) is 2. The van der Waals surface area contributed by atoms with Crippen molar-refractivity contribution in [1.82, 2.24) is 19.8 Å². The van der Waals surface area contributed by atoms with Gasteiger partial charge in [0.05, 0.1) is 23.5 Å². The summed E-state index contributed by atoms with van der Waals surface area (Å²) in [5.41, 5.74) is 2.15. The Morgan fingerprint density at radius 2 is 2.32 bits per heavy atom. The number of nitrogens with zero attached hydrogens (tertiary/aromatic N) is 3. The Morgan fingerprint density at radius 1 is 1.48 bits per heavy atom. The first kappa shape index (κ1) is 15.7. The predicted octanol–water partition coefficient (Wildman–Crippen LogP) is 0.593. The van der Waals surface area contributed by atoms with Crippen molar-refractivity contribution in [2.24, 2.45) is 0 Å². The number of aromatic nitrogens is 2. The first-order valence-corrected chi connectivity index (χ1v) is 8.59. The summed E-state index contributed by atoms with van der Waals surface area (Å²) in [5.74, 6) is -1.38. The molecule has 2 aliphatic rings. The maximum absolute atomic E-state index is 11.9. The van der Waals surface area contributed by atoms with E-state index in [0.29, 0.717) is 12.0 Å². The molecule has 0 bridgehead atoms. The van der Waals surface area contributed by atoms with Gasteiger partial charge < -0.3 is 10.4 Å². The number of hydrogen-bond acceptors (Lipinski definition) is 5. The number of nitrogens with one attached hydrogen (secondary N) is 1. The van der Waals surface area contributed by atoms with Gasteiger partial charge in [0.15, 0.2) is 0 Å². The number of pyridine rings is 1. The molecule has 9 heteroatoms. The molecule has 2 atom stereocenters. The molecule has 4 heterocycles. The number of carbonyl (C=O) groups is 3. The van der Waals surface area contributed by atoms with Gasteiger partial charge in [0.1, 0.15) is 11.1 Å². The van der Waals surface area contributed by atoms with E-state index in [0.717, 1.165) is 11.1 Å². The lowest BCUT2D eigenvalue weighted by atomic mass is 10.00. The van der Waals surface area contributed by atoms with Gasteiger partial charge in [-0.05, 0) is 17.7 Å². The Hall–Kier alpha value is -2.81. The van der Waals surface area contributed by atoms with Crippen molar-refractivity contribution in [1.29, 1.82) is 0 Å². The standard InChI is InChI=1S/C16H14N4O4S/c21-8-17-15-10(5-9-7-18-19-4-2-1-3-11(9)19)14(16(23)24)20-12(22)6-13(20)25-15/h1-4,7-8,13,15H,5-6H2,(H,17,21)(H,23,24). The number of carbonyl (C=O) groups excluding carboxylic acids is 2. The van der Waals surface area contributed by atoms with Crippen LogP contribution in [0.15, 0.2) is 41.9 Å². The van der Waals surface area contributed by atoms with E-state index < -0.39 is 11.3 Å². The summed E-state index contributed by atoms with van der Waals surface area (Å²) >= 11 is 1.38. The highest BCUT2D eigenvalue weighted by molar-refractivity contribution is 8.00. The van der Waals surface area contributed by atoms with Crippen LogP contribution in [-0.2, 0) is 20.8 Å². The second-order valence-corrected chi connectivity index (χ2v) is 7.07. The largest absolute Gasteiger partial charge is 0.477 e. The van der Waals surface area contributed by atoms with Crippen LogP contribution in [-0.4, -0.2) is 48.7 Å². The molecule has 4 rings (SSSR count). The van der Waals surface area contributed by atoms with Gasteiger partial charge in [-0.15, -0.1) is 11.8 Å². The summed E-state index contributed by atoms with van der Waals surface area (Å²) < 4.78 is 1.70. The van der Waals surface area contributed by atoms with E-state index in [2.05, 4.69) is 10.4 Å². The monoisotopic (exact) mass is 358 g/mol. The minimum Gasteiger partial charge on any atom is -0.477 e. The highest BCUT2D eigenvalue weighted by Gasteiger charge is 2.48. The number of rotatable bonds is 5. The van der Waals surface area contributed by atoms with Crippen LogP contribution in [0.25, 0.3) is 5.52 Å². The second-order valence-electron chi connectivity index (χ2n) is 5.78. The number of thioether (sulfide) groups is 1.